The van der Waals surface area contributed by atoms with Gasteiger partial charge in [-0.05, 0) is 42.0 Å². The molecule has 3 rings (SSSR count). The van der Waals surface area contributed by atoms with E-state index in [9.17, 15) is 9.59 Å². The number of carbonyl (C=O) groups excluding carboxylic acids is 1. The van der Waals surface area contributed by atoms with E-state index < -0.39 is 0 Å². The molecule has 2 heterocycles. The maximum Gasteiger partial charge on any atom is 0.262 e. The van der Waals surface area contributed by atoms with E-state index in [1.54, 1.807) is 6.07 Å². The number of nitrogens with one attached hydrogen (secondary N) is 1. The Kier molecular flexibility index (Phi) is 5.60. The molecule has 130 valence electrons. The maximum absolute atomic E-state index is 12.3. The quantitative estimate of drug-likeness (QED) is 0.655. The highest BCUT2D eigenvalue weighted by Gasteiger charge is 2.09. The molecule has 6 heteroatoms. The molecule has 0 aliphatic heterocycles. The van der Waals surface area contributed by atoms with E-state index in [4.69, 9.17) is 0 Å². The number of aromatic nitrogens is 2. The molecule has 0 radical (unpaired) electrons. The fourth-order valence-corrected chi connectivity index (χ4v) is 3.42. The Morgan fingerprint density at radius 3 is 2.76 bits per heavy atom. The Morgan fingerprint density at radius 2 is 2.00 bits per heavy atom. The third-order valence-electron chi connectivity index (χ3n) is 4.07. The van der Waals surface area contributed by atoms with Crippen molar-refractivity contribution in [1.29, 1.82) is 0 Å². The van der Waals surface area contributed by atoms with E-state index in [0.29, 0.717) is 10.2 Å². The molecular formula is C19H21N3O2S. The highest BCUT2D eigenvalue weighted by Crippen LogP contribution is 2.14. The molecule has 25 heavy (non-hydrogen) atoms. The minimum Gasteiger partial charge on any atom is -0.325 e. The summed E-state index contributed by atoms with van der Waals surface area (Å²) in [6, 6.07) is 9.62. The van der Waals surface area contributed by atoms with Crippen molar-refractivity contribution in [2.45, 2.75) is 39.2 Å². The minimum atomic E-state index is -0.239. The predicted octanol–water partition coefficient (Wildman–Crippen LogP) is 3.83. The van der Waals surface area contributed by atoms with Crippen LogP contribution in [0.15, 0.2) is 46.8 Å². The van der Waals surface area contributed by atoms with Gasteiger partial charge in [0.05, 0.1) is 11.7 Å². The van der Waals surface area contributed by atoms with Crippen LogP contribution in [0.5, 0.6) is 0 Å². The number of hydrogen-bond donors (Lipinski definition) is 1. The van der Waals surface area contributed by atoms with E-state index in [-0.39, 0.29) is 18.0 Å². The van der Waals surface area contributed by atoms with Gasteiger partial charge in [-0.15, -0.1) is 11.3 Å². The van der Waals surface area contributed by atoms with Gasteiger partial charge in [0.15, 0.2) is 0 Å². The van der Waals surface area contributed by atoms with Crippen molar-refractivity contribution in [3.8, 4) is 0 Å². The third-order valence-corrected chi connectivity index (χ3v) is 4.89. The Labute approximate surface area is 150 Å². The zero-order valence-electron chi connectivity index (χ0n) is 14.2. The van der Waals surface area contributed by atoms with Crippen LogP contribution in [0.4, 0.5) is 5.69 Å². The van der Waals surface area contributed by atoms with E-state index in [1.807, 2.05) is 29.6 Å². The van der Waals surface area contributed by atoms with Gasteiger partial charge < -0.3 is 5.32 Å². The number of benzene rings is 1. The van der Waals surface area contributed by atoms with E-state index >= 15 is 0 Å². The smallest absolute Gasteiger partial charge is 0.262 e. The largest absolute Gasteiger partial charge is 0.325 e. The van der Waals surface area contributed by atoms with Crippen molar-refractivity contribution in [2.75, 3.05) is 5.32 Å². The summed E-state index contributed by atoms with van der Waals surface area (Å²) < 4.78 is 1.34. The number of carbonyl (C=O) groups is 1. The summed E-state index contributed by atoms with van der Waals surface area (Å²) in [6.45, 7) is 2.14. The van der Waals surface area contributed by atoms with Gasteiger partial charge in [0.1, 0.15) is 11.4 Å². The first-order valence-corrected chi connectivity index (χ1v) is 9.37. The lowest BCUT2D eigenvalue weighted by molar-refractivity contribution is -0.116. The fourth-order valence-electron chi connectivity index (χ4n) is 2.70. The Bertz CT molecular complexity index is 912. The monoisotopic (exact) mass is 355 g/mol. The zero-order chi connectivity index (χ0) is 17.6. The van der Waals surface area contributed by atoms with Crippen LogP contribution in [0.3, 0.4) is 0 Å². The summed E-state index contributed by atoms with van der Waals surface area (Å²) in [6.07, 6.45) is 6.11. The van der Waals surface area contributed by atoms with Gasteiger partial charge in [0.25, 0.3) is 5.56 Å². The van der Waals surface area contributed by atoms with Crippen LogP contribution in [0.25, 0.3) is 10.2 Å². The summed E-state index contributed by atoms with van der Waals surface area (Å²) >= 11 is 1.41. The fraction of sp³-hybridized carbons (Fsp3) is 0.316. The molecule has 3 aromatic rings. The summed E-state index contributed by atoms with van der Waals surface area (Å²) in [4.78, 5) is 29.4. The molecule has 0 saturated heterocycles. The van der Waals surface area contributed by atoms with Crippen LogP contribution in [0, 0.1) is 0 Å². The molecular weight excluding hydrogens is 334 g/mol. The van der Waals surface area contributed by atoms with Crippen molar-refractivity contribution >= 4 is 33.1 Å². The lowest BCUT2D eigenvalue weighted by Gasteiger charge is -2.08. The van der Waals surface area contributed by atoms with Gasteiger partial charge in [-0.3, -0.25) is 14.2 Å². The Balaban J connectivity index is 1.61. The molecule has 0 unspecified atom stereocenters. The van der Waals surface area contributed by atoms with Crippen molar-refractivity contribution < 1.29 is 4.79 Å². The second-order valence-electron chi connectivity index (χ2n) is 6.02. The van der Waals surface area contributed by atoms with Gasteiger partial charge in [-0.25, -0.2) is 4.98 Å². The Morgan fingerprint density at radius 1 is 1.20 bits per heavy atom. The summed E-state index contributed by atoms with van der Waals surface area (Å²) in [5, 5.41) is 5.21. The number of anilines is 1. The van der Waals surface area contributed by atoms with Crippen LogP contribution in [0.1, 0.15) is 31.7 Å². The molecule has 0 atom stereocenters. The number of unbranched alkanes of at least 4 members (excludes halogenated alkanes) is 2. The second-order valence-corrected chi connectivity index (χ2v) is 6.91. The highest BCUT2D eigenvalue weighted by molar-refractivity contribution is 7.16. The number of hydrogen-bond acceptors (Lipinski definition) is 4. The number of fused-ring (bicyclic) bond motifs is 1. The molecule has 0 fully saturated rings. The van der Waals surface area contributed by atoms with Crippen LogP contribution >= 0.6 is 11.3 Å². The second kappa shape index (κ2) is 8.07. The number of aryl methyl sites for hydroxylation is 1. The van der Waals surface area contributed by atoms with Crippen molar-refractivity contribution in [3.05, 3.63) is 58.0 Å². The van der Waals surface area contributed by atoms with Crippen molar-refractivity contribution in [3.63, 3.8) is 0 Å². The molecule has 0 saturated carbocycles. The van der Waals surface area contributed by atoms with E-state index in [0.717, 1.165) is 12.1 Å². The average molecular weight is 355 g/mol. The van der Waals surface area contributed by atoms with E-state index in [2.05, 4.69) is 17.2 Å². The molecule has 1 N–H and O–H groups in total. The molecule has 1 amide bonds. The average Bonchev–Trinajstić information content (AvgIpc) is 3.09. The summed E-state index contributed by atoms with van der Waals surface area (Å²) in [7, 11) is 0. The molecule has 2 aromatic heterocycles. The first-order valence-electron chi connectivity index (χ1n) is 8.49. The van der Waals surface area contributed by atoms with Gasteiger partial charge in [0, 0.05) is 5.69 Å². The van der Waals surface area contributed by atoms with Crippen LogP contribution in [-0.4, -0.2) is 15.5 Å². The molecule has 0 aliphatic carbocycles. The first kappa shape index (κ1) is 17.4. The van der Waals surface area contributed by atoms with Crippen LogP contribution in [-0.2, 0) is 17.8 Å². The summed E-state index contributed by atoms with van der Waals surface area (Å²) in [5.41, 5.74) is 1.82. The van der Waals surface area contributed by atoms with Crippen molar-refractivity contribution in [1.82, 2.24) is 9.55 Å². The van der Waals surface area contributed by atoms with Gasteiger partial charge in [-0.1, -0.05) is 31.9 Å². The molecule has 1 aromatic carbocycles. The normalized spacial score (nSPS) is 10.9. The zero-order valence-corrected chi connectivity index (χ0v) is 15.0. The van der Waals surface area contributed by atoms with Gasteiger partial charge >= 0.3 is 0 Å². The number of rotatable bonds is 7. The van der Waals surface area contributed by atoms with Gasteiger partial charge in [0.2, 0.25) is 5.91 Å². The number of amides is 1. The molecule has 5 nitrogen and oxygen atoms in total. The van der Waals surface area contributed by atoms with Crippen LogP contribution in [0.2, 0.25) is 0 Å². The predicted molar refractivity (Wildman–Crippen MR) is 102 cm³/mol. The number of nitrogens with zero attached hydrogens (tertiary/aromatic N) is 2. The van der Waals surface area contributed by atoms with Crippen LogP contribution < -0.4 is 10.9 Å². The minimum absolute atomic E-state index is 0.0458. The van der Waals surface area contributed by atoms with Crippen molar-refractivity contribution in [2.24, 2.45) is 0 Å². The van der Waals surface area contributed by atoms with Gasteiger partial charge in [-0.2, -0.15) is 0 Å². The highest BCUT2D eigenvalue weighted by atomic mass is 32.1. The Hall–Kier alpha value is -2.47. The third kappa shape index (κ3) is 4.33. The topological polar surface area (TPSA) is 64.0 Å². The lowest BCUT2D eigenvalue weighted by atomic mass is 10.1. The molecule has 0 aliphatic rings. The lowest BCUT2D eigenvalue weighted by Crippen LogP contribution is -2.27. The molecule has 0 bridgehead atoms. The van der Waals surface area contributed by atoms with E-state index in [1.165, 1.54) is 47.1 Å². The first-order chi connectivity index (χ1) is 12.2. The molecule has 0 spiro atoms. The summed E-state index contributed by atoms with van der Waals surface area (Å²) in [5.74, 6) is -0.239. The standard InChI is InChI=1S/C19H21N3O2S/c1-2-3-4-5-14-6-8-15(9-7-14)21-17(23)12-22-13-20-18-16(19(22)24)10-11-25-18/h6-11,13H,2-5,12H2,1H3,(H,21,23). The SMILES string of the molecule is CCCCCc1ccc(NC(=O)Cn2cnc3sccc3c2=O)cc1. The number of thiophene rings is 1. The maximum atomic E-state index is 12.3.